The van der Waals surface area contributed by atoms with Crippen molar-refractivity contribution in [1.82, 2.24) is 0 Å². The molecule has 0 bridgehead atoms. The number of aromatic hydroxyl groups is 2. The number of rotatable bonds is 1. The van der Waals surface area contributed by atoms with E-state index in [9.17, 15) is 15.0 Å². The smallest absolute Gasteiger partial charge is 0.259 e. The summed E-state index contributed by atoms with van der Waals surface area (Å²) in [6.45, 7) is 1.53. The Labute approximate surface area is 136 Å². The molecule has 0 radical (unpaired) electrons. The first-order chi connectivity index (χ1) is 11.5. The molecule has 2 aromatic carbocycles. The van der Waals surface area contributed by atoms with Crippen LogP contribution >= 0.6 is 0 Å². The lowest BCUT2D eigenvalue weighted by atomic mass is 9.97. The Morgan fingerprint density at radius 3 is 2.71 bits per heavy atom. The molecule has 1 atom stereocenters. The van der Waals surface area contributed by atoms with Crippen molar-refractivity contribution >= 4 is 11.0 Å². The number of methoxy groups -OCH3 is 1. The number of fused-ring (bicyclic) bond motifs is 4. The molecular formula is C18H14O6. The van der Waals surface area contributed by atoms with Gasteiger partial charge < -0.3 is 24.1 Å². The van der Waals surface area contributed by atoms with Crippen LogP contribution in [0, 0.1) is 6.92 Å². The minimum atomic E-state index is -0.891. The minimum absolute atomic E-state index is 0.0237. The summed E-state index contributed by atoms with van der Waals surface area (Å²) in [5.41, 5.74) is 0.755. The van der Waals surface area contributed by atoms with Crippen LogP contribution in [-0.4, -0.2) is 17.3 Å². The number of phenols is 2. The van der Waals surface area contributed by atoms with Gasteiger partial charge >= 0.3 is 0 Å². The second-order valence-corrected chi connectivity index (χ2v) is 5.59. The molecule has 1 aliphatic heterocycles. The molecule has 0 amide bonds. The minimum Gasteiger partial charge on any atom is -0.507 e. The van der Waals surface area contributed by atoms with Crippen molar-refractivity contribution in [3.8, 4) is 28.4 Å². The molecule has 1 aromatic heterocycles. The summed E-state index contributed by atoms with van der Waals surface area (Å²) in [5.74, 6) is 0.253. The SMILES string of the molecule is CO[C@@H]1Oc2ccccc2-c2c1oc1cc(O)c(C)c(O)c1c2=O. The maximum atomic E-state index is 13.1. The quantitative estimate of drug-likeness (QED) is 0.714. The van der Waals surface area contributed by atoms with E-state index in [1.165, 1.54) is 20.1 Å². The fourth-order valence-electron chi connectivity index (χ4n) is 2.96. The molecule has 2 N–H and O–H groups in total. The van der Waals surface area contributed by atoms with Gasteiger partial charge in [-0.1, -0.05) is 18.2 Å². The zero-order valence-electron chi connectivity index (χ0n) is 13.0. The first kappa shape index (κ1) is 14.6. The topological polar surface area (TPSA) is 89.1 Å². The normalized spacial score (nSPS) is 15.7. The van der Waals surface area contributed by atoms with E-state index < -0.39 is 11.7 Å². The molecule has 2 heterocycles. The monoisotopic (exact) mass is 326 g/mol. The van der Waals surface area contributed by atoms with Gasteiger partial charge in [0.1, 0.15) is 28.2 Å². The van der Waals surface area contributed by atoms with Crippen molar-refractivity contribution in [2.24, 2.45) is 0 Å². The Kier molecular flexibility index (Phi) is 3.04. The predicted molar refractivity (Wildman–Crippen MR) is 86.4 cm³/mol. The van der Waals surface area contributed by atoms with E-state index in [0.29, 0.717) is 11.3 Å². The van der Waals surface area contributed by atoms with Crippen LogP contribution in [0.5, 0.6) is 17.2 Å². The van der Waals surface area contributed by atoms with Crippen LogP contribution in [0.2, 0.25) is 0 Å². The summed E-state index contributed by atoms with van der Waals surface area (Å²) >= 11 is 0. The number of benzene rings is 2. The Hall–Kier alpha value is -2.99. The van der Waals surface area contributed by atoms with Gasteiger partial charge in [-0.15, -0.1) is 0 Å². The zero-order chi connectivity index (χ0) is 17.0. The molecule has 0 unspecified atom stereocenters. The van der Waals surface area contributed by atoms with E-state index in [4.69, 9.17) is 13.9 Å². The maximum Gasteiger partial charge on any atom is 0.259 e. The fraction of sp³-hybridized carbons (Fsp3) is 0.167. The number of para-hydroxylation sites is 1. The van der Waals surface area contributed by atoms with Crippen molar-refractivity contribution in [3.05, 3.63) is 51.9 Å². The fourth-order valence-corrected chi connectivity index (χ4v) is 2.96. The summed E-state index contributed by atoms with van der Waals surface area (Å²) in [4.78, 5) is 13.1. The average molecular weight is 326 g/mol. The second kappa shape index (κ2) is 5.01. The Balaban J connectivity index is 2.18. The van der Waals surface area contributed by atoms with Crippen LogP contribution in [0.1, 0.15) is 17.6 Å². The molecule has 0 saturated heterocycles. The highest BCUT2D eigenvalue weighted by Gasteiger charge is 2.32. The first-order valence-corrected chi connectivity index (χ1v) is 7.34. The Morgan fingerprint density at radius 2 is 1.96 bits per heavy atom. The molecule has 0 spiro atoms. The van der Waals surface area contributed by atoms with Gasteiger partial charge in [-0.2, -0.15) is 0 Å². The molecule has 122 valence electrons. The van der Waals surface area contributed by atoms with Crippen LogP contribution in [-0.2, 0) is 4.74 Å². The van der Waals surface area contributed by atoms with Crippen LogP contribution in [0.15, 0.2) is 39.5 Å². The van der Waals surface area contributed by atoms with Gasteiger partial charge in [-0.25, -0.2) is 0 Å². The van der Waals surface area contributed by atoms with Gasteiger partial charge in [0.15, 0.2) is 5.76 Å². The van der Waals surface area contributed by atoms with Crippen LogP contribution in [0.4, 0.5) is 0 Å². The van der Waals surface area contributed by atoms with Gasteiger partial charge in [-0.05, 0) is 13.0 Å². The van der Waals surface area contributed by atoms with Crippen LogP contribution in [0.3, 0.4) is 0 Å². The molecule has 6 heteroatoms. The number of ether oxygens (including phenoxy) is 2. The molecule has 0 saturated carbocycles. The van der Waals surface area contributed by atoms with Gasteiger partial charge in [0.05, 0.1) is 5.56 Å². The molecule has 0 aliphatic carbocycles. The number of hydrogen-bond acceptors (Lipinski definition) is 6. The summed E-state index contributed by atoms with van der Waals surface area (Å²) in [6, 6.07) is 8.35. The Bertz CT molecular complexity index is 1030. The molecule has 6 nitrogen and oxygen atoms in total. The van der Waals surface area contributed by atoms with E-state index in [2.05, 4.69) is 0 Å². The maximum absolute atomic E-state index is 13.1. The molecular weight excluding hydrogens is 312 g/mol. The van der Waals surface area contributed by atoms with Crippen molar-refractivity contribution < 1.29 is 24.1 Å². The van der Waals surface area contributed by atoms with E-state index in [1.807, 2.05) is 0 Å². The highest BCUT2D eigenvalue weighted by atomic mass is 16.7. The van der Waals surface area contributed by atoms with Crippen LogP contribution < -0.4 is 10.2 Å². The summed E-state index contributed by atoms with van der Waals surface area (Å²) in [7, 11) is 1.44. The predicted octanol–water partition coefficient (Wildman–Crippen LogP) is 3.22. The van der Waals surface area contributed by atoms with Crippen LogP contribution in [0.25, 0.3) is 22.1 Å². The van der Waals surface area contributed by atoms with Gasteiger partial charge in [0.2, 0.25) is 5.43 Å². The third-order valence-electron chi connectivity index (χ3n) is 4.23. The largest absolute Gasteiger partial charge is 0.507 e. The Morgan fingerprint density at radius 1 is 1.21 bits per heavy atom. The van der Waals surface area contributed by atoms with Crippen molar-refractivity contribution in [2.45, 2.75) is 13.2 Å². The lowest BCUT2D eigenvalue weighted by Crippen LogP contribution is -2.21. The number of phenolic OH excluding ortho intramolecular Hbond substituents is 2. The lowest BCUT2D eigenvalue weighted by molar-refractivity contribution is -0.0716. The average Bonchev–Trinajstić information content (AvgIpc) is 2.58. The summed E-state index contributed by atoms with van der Waals surface area (Å²) in [6.07, 6.45) is -0.891. The highest BCUT2D eigenvalue weighted by Crippen LogP contribution is 2.43. The molecule has 1 aliphatic rings. The van der Waals surface area contributed by atoms with E-state index >= 15 is 0 Å². The van der Waals surface area contributed by atoms with Gasteiger partial charge in [-0.3, -0.25) is 4.79 Å². The lowest BCUT2D eigenvalue weighted by Gasteiger charge is -2.26. The zero-order valence-corrected chi connectivity index (χ0v) is 13.0. The first-order valence-electron chi connectivity index (χ1n) is 7.34. The molecule has 3 aromatic rings. The standard InChI is InChI=1S/C18H14O6/c1-8-10(19)7-12-14(15(8)20)16(21)13-9-5-3-4-6-11(9)24-18(22-2)17(13)23-12/h3-7,18-20H,1-2H3/t18-/m1/s1. The highest BCUT2D eigenvalue weighted by molar-refractivity contribution is 5.91. The van der Waals surface area contributed by atoms with E-state index in [-0.39, 0.29) is 39.4 Å². The van der Waals surface area contributed by atoms with Crippen molar-refractivity contribution in [3.63, 3.8) is 0 Å². The summed E-state index contributed by atoms with van der Waals surface area (Å²) < 4.78 is 16.8. The molecule has 4 rings (SSSR count). The van der Waals surface area contributed by atoms with E-state index in [0.717, 1.165) is 0 Å². The second-order valence-electron chi connectivity index (χ2n) is 5.59. The van der Waals surface area contributed by atoms with Gasteiger partial charge in [0.25, 0.3) is 6.29 Å². The molecule has 0 fully saturated rings. The third-order valence-corrected chi connectivity index (χ3v) is 4.23. The van der Waals surface area contributed by atoms with Gasteiger partial charge in [0, 0.05) is 24.3 Å². The van der Waals surface area contributed by atoms with E-state index in [1.54, 1.807) is 24.3 Å². The summed E-state index contributed by atoms with van der Waals surface area (Å²) in [5, 5.41) is 20.2. The number of hydrogen-bond donors (Lipinski definition) is 2. The van der Waals surface area contributed by atoms with Crippen molar-refractivity contribution in [1.29, 1.82) is 0 Å². The van der Waals surface area contributed by atoms with Crippen molar-refractivity contribution in [2.75, 3.05) is 7.11 Å². The molecule has 24 heavy (non-hydrogen) atoms. The third kappa shape index (κ3) is 1.83.